The summed E-state index contributed by atoms with van der Waals surface area (Å²) in [5.41, 5.74) is -0.0584. The van der Waals surface area contributed by atoms with Crippen molar-refractivity contribution in [3.63, 3.8) is 0 Å². The van der Waals surface area contributed by atoms with Gasteiger partial charge in [-0.2, -0.15) is 0 Å². The Hall–Kier alpha value is -2.05. The van der Waals surface area contributed by atoms with Crippen LogP contribution in [-0.4, -0.2) is 47.9 Å². The molecule has 1 aromatic rings. The molecule has 7 nitrogen and oxygen atoms in total. The Bertz CT molecular complexity index is 618. The van der Waals surface area contributed by atoms with Gasteiger partial charge in [0, 0.05) is 38.0 Å². The maximum Gasteiger partial charge on any atom is 0.224 e. The summed E-state index contributed by atoms with van der Waals surface area (Å²) in [6, 6.07) is 0.357. The van der Waals surface area contributed by atoms with Crippen molar-refractivity contribution >= 4 is 11.9 Å². The fraction of sp³-hybridized carbons (Fsp3) is 0.737. The second kappa shape index (κ2) is 9.05. The summed E-state index contributed by atoms with van der Waals surface area (Å²) < 4.78 is 5.76. The van der Waals surface area contributed by atoms with Crippen molar-refractivity contribution in [1.29, 1.82) is 0 Å². The van der Waals surface area contributed by atoms with Gasteiger partial charge >= 0.3 is 0 Å². The van der Waals surface area contributed by atoms with Gasteiger partial charge in [-0.15, -0.1) is 0 Å². The Morgan fingerprint density at radius 2 is 2.15 bits per heavy atom. The van der Waals surface area contributed by atoms with E-state index in [2.05, 4.69) is 48.3 Å². The summed E-state index contributed by atoms with van der Waals surface area (Å²) in [6.45, 7) is 10.3. The van der Waals surface area contributed by atoms with E-state index in [0.29, 0.717) is 37.4 Å². The van der Waals surface area contributed by atoms with Crippen LogP contribution in [0.25, 0.3) is 0 Å². The first-order valence-electron chi connectivity index (χ1n) is 9.50. The number of piperidine rings is 1. The molecule has 0 spiro atoms. The van der Waals surface area contributed by atoms with Gasteiger partial charge in [0.15, 0.2) is 5.96 Å². The van der Waals surface area contributed by atoms with Crippen LogP contribution in [0.15, 0.2) is 15.6 Å². The zero-order valence-corrected chi connectivity index (χ0v) is 16.8. The average molecular weight is 364 g/mol. The van der Waals surface area contributed by atoms with Crippen LogP contribution < -0.4 is 10.6 Å². The fourth-order valence-corrected chi connectivity index (χ4v) is 3.02. The number of nitrogens with one attached hydrogen (secondary N) is 2. The second-order valence-electron chi connectivity index (χ2n) is 7.90. The highest BCUT2D eigenvalue weighted by Gasteiger charge is 2.22. The average Bonchev–Trinajstić information content (AvgIpc) is 3.07. The normalized spacial score (nSPS) is 18.7. The molecule has 2 rings (SSSR count). The quantitative estimate of drug-likeness (QED) is 0.620. The van der Waals surface area contributed by atoms with Crippen LogP contribution in [-0.2, 0) is 16.8 Å². The molecule has 1 unspecified atom stereocenters. The number of aliphatic imine (C=N–C) groups is 1. The number of rotatable bonds is 5. The SMILES string of the molecule is CN=C(NCCC(=O)N1CCCCC1C)NCc1ncc(C(C)(C)C)o1. The third-order valence-corrected chi connectivity index (χ3v) is 4.68. The summed E-state index contributed by atoms with van der Waals surface area (Å²) in [5.74, 6) is 2.33. The monoisotopic (exact) mass is 363 g/mol. The molecule has 0 radical (unpaired) electrons. The van der Waals surface area contributed by atoms with Crippen molar-refractivity contribution < 1.29 is 9.21 Å². The van der Waals surface area contributed by atoms with Crippen LogP contribution in [0.2, 0.25) is 0 Å². The fourth-order valence-electron chi connectivity index (χ4n) is 3.02. The van der Waals surface area contributed by atoms with Crippen LogP contribution in [0, 0.1) is 0 Å². The molecule has 1 aliphatic heterocycles. The summed E-state index contributed by atoms with van der Waals surface area (Å²) >= 11 is 0. The summed E-state index contributed by atoms with van der Waals surface area (Å²) in [4.78, 5) is 22.8. The van der Waals surface area contributed by atoms with E-state index in [0.717, 1.165) is 25.1 Å². The molecule has 7 heteroatoms. The van der Waals surface area contributed by atoms with E-state index in [9.17, 15) is 4.79 Å². The van der Waals surface area contributed by atoms with Crippen molar-refractivity contribution in [2.45, 2.75) is 71.4 Å². The molecule has 2 N–H and O–H groups in total. The molecule has 26 heavy (non-hydrogen) atoms. The maximum atomic E-state index is 12.4. The maximum absolute atomic E-state index is 12.4. The third kappa shape index (κ3) is 5.75. The smallest absolute Gasteiger partial charge is 0.224 e. The number of guanidine groups is 1. The first-order valence-corrected chi connectivity index (χ1v) is 9.50. The summed E-state index contributed by atoms with van der Waals surface area (Å²) in [6.07, 6.45) is 5.68. The van der Waals surface area contributed by atoms with E-state index >= 15 is 0 Å². The lowest BCUT2D eigenvalue weighted by Crippen LogP contribution is -2.44. The number of carbonyl (C=O) groups excluding carboxylic acids is 1. The second-order valence-corrected chi connectivity index (χ2v) is 7.90. The Balaban J connectivity index is 1.74. The lowest BCUT2D eigenvalue weighted by molar-refractivity contribution is -0.134. The van der Waals surface area contributed by atoms with Crippen molar-refractivity contribution in [3.8, 4) is 0 Å². The molecular formula is C19H33N5O2. The Morgan fingerprint density at radius 1 is 1.38 bits per heavy atom. The number of nitrogens with zero attached hydrogens (tertiary/aromatic N) is 3. The minimum Gasteiger partial charge on any atom is -0.443 e. The van der Waals surface area contributed by atoms with E-state index in [1.54, 1.807) is 13.2 Å². The number of amides is 1. The molecule has 1 fully saturated rings. The van der Waals surface area contributed by atoms with Gasteiger partial charge in [0.05, 0.1) is 12.7 Å². The molecule has 0 aliphatic carbocycles. The number of aromatic nitrogens is 1. The van der Waals surface area contributed by atoms with E-state index in [1.165, 1.54) is 6.42 Å². The highest BCUT2D eigenvalue weighted by atomic mass is 16.4. The van der Waals surface area contributed by atoms with Gasteiger partial charge in [-0.25, -0.2) is 4.98 Å². The van der Waals surface area contributed by atoms with Crippen LogP contribution >= 0.6 is 0 Å². The number of oxazole rings is 1. The zero-order chi connectivity index (χ0) is 19.2. The zero-order valence-electron chi connectivity index (χ0n) is 16.8. The largest absolute Gasteiger partial charge is 0.443 e. The lowest BCUT2D eigenvalue weighted by Gasteiger charge is -2.33. The molecule has 0 aromatic carbocycles. The van der Waals surface area contributed by atoms with Crippen molar-refractivity contribution in [3.05, 3.63) is 17.8 Å². The van der Waals surface area contributed by atoms with Crippen molar-refractivity contribution in [2.24, 2.45) is 4.99 Å². The van der Waals surface area contributed by atoms with Crippen LogP contribution in [0.1, 0.15) is 65.0 Å². The Kier molecular flexibility index (Phi) is 7.06. The van der Waals surface area contributed by atoms with Crippen molar-refractivity contribution in [1.82, 2.24) is 20.5 Å². The molecule has 1 aromatic heterocycles. The highest BCUT2D eigenvalue weighted by Crippen LogP contribution is 2.22. The predicted molar refractivity (Wildman–Crippen MR) is 103 cm³/mol. The number of hydrogen-bond acceptors (Lipinski definition) is 4. The third-order valence-electron chi connectivity index (χ3n) is 4.68. The Labute approximate surface area is 156 Å². The van der Waals surface area contributed by atoms with Gasteiger partial charge in [-0.05, 0) is 26.2 Å². The molecule has 1 aliphatic rings. The molecule has 1 atom stereocenters. The standard InChI is InChI=1S/C19H33N5O2/c1-14-8-6-7-11-24(14)17(25)9-10-21-18(20-5)23-13-16-22-12-15(26-16)19(2,3)4/h12,14H,6-11,13H2,1-5H3,(H2,20,21,23). The van der Waals surface area contributed by atoms with Gasteiger partial charge in [-0.1, -0.05) is 20.8 Å². The summed E-state index contributed by atoms with van der Waals surface area (Å²) in [5, 5.41) is 6.35. The first-order chi connectivity index (χ1) is 12.3. The molecule has 0 bridgehead atoms. The highest BCUT2D eigenvalue weighted by molar-refractivity contribution is 5.81. The van der Waals surface area contributed by atoms with Gasteiger partial charge in [0.25, 0.3) is 0 Å². The molecule has 2 heterocycles. The molecule has 0 saturated carbocycles. The Morgan fingerprint density at radius 3 is 2.77 bits per heavy atom. The molecule has 1 saturated heterocycles. The first kappa shape index (κ1) is 20.3. The van der Waals surface area contributed by atoms with Gasteiger partial charge < -0.3 is 20.0 Å². The van der Waals surface area contributed by atoms with Crippen molar-refractivity contribution in [2.75, 3.05) is 20.1 Å². The van der Waals surface area contributed by atoms with Gasteiger partial charge in [-0.3, -0.25) is 9.79 Å². The van der Waals surface area contributed by atoms with E-state index in [-0.39, 0.29) is 11.3 Å². The molecule has 146 valence electrons. The van der Waals surface area contributed by atoms with Crippen LogP contribution in [0.4, 0.5) is 0 Å². The molecular weight excluding hydrogens is 330 g/mol. The van der Waals surface area contributed by atoms with Gasteiger partial charge in [0.1, 0.15) is 5.76 Å². The van der Waals surface area contributed by atoms with Crippen LogP contribution in [0.5, 0.6) is 0 Å². The predicted octanol–water partition coefficient (Wildman–Crippen LogP) is 2.43. The topological polar surface area (TPSA) is 82.8 Å². The molecule has 1 amide bonds. The minimum atomic E-state index is -0.0584. The van der Waals surface area contributed by atoms with Crippen LogP contribution in [0.3, 0.4) is 0 Å². The number of carbonyl (C=O) groups is 1. The summed E-state index contributed by atoms with van der Waals surface area (Å²) in [7, 11) is 1.71. The van der Waals surface area contributed by atoms with E-state index in [4.69, 9.17) is 4.42 Å². The number of likely N-dealkylation sites (tertiary alicyclic amines) is 1. The number of hydrogen-bond donors (Lipinski definition) is 2. The van der Waals surface area contributed by atoms with E-state index < -0.39 is 0 Å². The van der Waals surface area contributed by atoms with Gasteiger partial charge in [0.2, 0.25) is 11.8 Å². The van der Waals surface area contributed by atoms with E-state index in [1.807, 2.05) is 4.90 Å². The minimum absolute atomic E-state index is 0.0584. The lowest BCUT2D eigenvalue weighted by atomic mass is 9.94.